The van der Waals surface area contributed by atoms with Gasteiger partial charge in [0.15, 0.2) is 0 Å². The van der Waals surface area contributed by atoms with E-state index in [9.17, 15) is 9.18 Å². The first-order valence-electron chi connectivity index (χ1n) is 10.8. The molecule has 1 amide bonds. The van der Waals surface area contributed by atoms with Crippen LogP contribution in [-0.2, 0) is 11.2 Å². The van der Waals surface area contributed by atoms with Crippen molar-refractivity contribution in [2.45, 2.75) is 37.8 Å². The molecule has 3 aromatic rings. The number of benzene rings is 2. The molecule has 31 heavy (non-hydrogen) atoms. The second-order valence-electron chi connectivity index (χ2n) is 8.22. The van der Waals surface area contributed by atoms with E-state index in [0.29, 0.717) is 12.5 Å². The summed E-state index contributed by atoms with van der Waals surface area (Å²) in [5.41, 5.74) is 9.64. The average Bonchev–Trinajstić information content (AvgIpc) is 3.47. The van der Waals surface area contributed by atoms with Crippen LogP contribution >= 0.6 is 0 Å². The molecule has 2 aromatic carbocycles. The maximum absolute atomic E-state index is 13.4. The lowest BCUT2D eigenvalue weighted by Gasteiger charge is -2.18. The maximum Gasteiger partial charge on any atom is 0.226 e. The van der Waals surface area contributed by atoms with E-state index in [2.05, 4.69) is 10.9 Å². The number of hydrogen-bond acceptors (Lipinski definition) is 3. The predicted octanol–water partition coefficient (Wildman–Crippen LogP) is 4.01. The molecule has 6 heteroatoms. The molecule has 1 saturated heterocycles. The van der Waals surface area contributed by atoms with E-state index in [1.54, 1.807) is 12.1 Å². The topological polar surface area (TPSA) is 49.3 Å². The molecule has 0 saturated carbocycles. The van der Waals surface area contributed by atoms with Crippen LogP contribution in [-0.4, -0.2) is 35.0 Å². The molecule has 1 fully saturated rings. The molecular weight excluding hydrogens is 391 g/mol. The Bertz CT molecular complexity index is 987. The fourth-order valence-electron chi connectivity index (χ4n) is 4.06. The quantitative estimate of drug-likeness (QED) is 0.579. The van der Waals surface area contributed by atoms with E-state index in [1.807, 2.05) is 71.4 Å². The number of nitrogens with one attached hydrogen (secondary N) is 2. The highest BCUT2D eigenvalue weighted by Crippen LogP contribution is 2.24. The Balaban J connectivity index is 1.19. The van der Waals surface area contributed by atoms with E-state index < -0.39 is 0 Å². The Hall–Kier alpha value is -2.96. The molecule has 2 atom stereocenters. The number of aromatic nitrogens is 1. The molecule has 0 aliphatic carbocycles. The summed E-state index contributed by atoms with van der Waals surface area (Å²) in [7, 11) is 1.87. The van der Waals surface area contributed by atoms with Gasteiger partial charge in [0.2, 0.25) is 5.91 Å². The molecule has 1 aliphatic heterocycles. The van der Waals surface area contributed by atoms with Crippen LogP contribution in [0, 0.1) is 5.82 Å². The summed E-state index contributed by atoms with van der Waals surface area (Å²) in [6.07, 6.45) is 7.21. The van der Waals surface area contributed by atoms with Crippen molar-refractivity contribution < 1.29 is 9.18 Å². The molecule has 0 spiro atoms. The first-order valence-corrected chi connectivity index (χ1v) is 10.8. The molecule has 5 nitrogen and oxygen atoms in total. The van der Waals surface area contributed by atoms with Gasteiger partial charge < -0.3 is 9.47 Å². The molecule has 2 unspecified atom stereocenters. The molecule has 162 valence electrons. The van der Waals surface area contributed by atoms with Crippen LogP contribution in [0.2, 0.25) is 0 Å². The number of hydrazine groups is 1. The molecule has 0 bridgehead atoms. The highest BCUT2D eigenvalue weighted by Gasteiger charge is 2.25. The van der Waals surface area contributed by atoms with Gasteiger partial charge in [0.25, 0.3) is 0 Å². The Labute approximate surface area is 182 Å². The monoisotopic (exact) mass is 420 g/mol. The van der Waals surface area contributed by atoms with Crippen molar-refractivity contribution in [1.29, 1.82) is 0 Å². The summed E-state index contributed by atoms with van der Waals surface area (Å²) in [5.74, 6) is -0.0777. The van der Waals surface area contributed by atoms with Gasteiger partial charge in [0.05, 0.1) is 6.42 Å². The second-order valence-corrected chi connectivity index (χ2v) is 8.22. The van der Waals surface area contributed by atoms with Crippen molar-refractivity contribution in [2.24, 2.45) is 0 Å². The van der Waals surface area contributed by atoms with Crippen molar-refractivity contribution >= 4 is 5.91 Å². The van der Waals surface area contributed by atoms with Crippen LogP contribution in [0.15, 0.2) is 73.1 Å². The zero-order chi connectivity index (χ0) is 21.6. The smallest absolute Gasteiger partial charge is 0.226 e. The van der Waals surface area contributed by atoms with Crippen molar-refractivity contribution in [3.8, 4) is 5.69 Å². The Morgan fingerprint density at radius 2 is 1.87 bits per heavy atom. The first-order chi connectivity index (χ1) is 15.1. The third-order valence-corrected chi connectivity index (χ3v) is 5.90. The summed E-state index contributed by atoms with van der Waals surface area (Å²) in [6.45, 7) is 0.725. The Kier molecular flexibility index (Phi) is 6.79. The predicted molar refractivity (Wildman–Crippen MR) is 120 cm³/mol. The zero-order valence-corrected chi connectivity index (χ0v) is 17.8. The minimum atomic E-state index is -0.206. The SMILES string of the molecule is CN(CCCC1CC(c2cccc(F)c2)NN1)C(=O)Cc1ccc(-n2cccc2)cc1. The van der Waals surface area contributed by atoms with Gasteiger partial charge in [-0.2, -0.15) is 0 Å². The van der Waals surface area contributed by atoms with E-state index in [-0.39, 0.29) is 17.8 Å². The fourth-order valence-corrected chi connectivity index (χ4v) is 4.06. The summed E-state index contributed by atoms with van der Waals surface area (Å²) in [5, 5.41) is 0. The average molecular weight is 421 g/mol. The van der Waals surface area contributed by atoms with Crippen molar-refractivity contribution in [1.82, 2.24) is 20.3 Å². The normalized spacial score (nSPS) is 18.3. The van der Waals surface area contributed by atoms with Crippen molar-refractivity contribution in [2.75, 3.05) is 13.6 Å². The summed E-state index contributed by atoms with van der Waals surface area (Å²) in [6, 6.07) is 19.3. The van der Waals surface area contributed by atoms with Crippen LogP contribution in [0.3, 0.4) is 0 Å². The summed E-state index contributed by atoms with van der Waals surface area (Å²) >= 11 is 0. The number of carbonyl (C=O) groups excluding carboxylic acids is 1. The third kappa shape index (κ3) is 5.60. The third-order valence-electron chi connectivity index (χ3n) is 5.90. The second kappa shape index (κ2) is 9.90. The maximum atomic E-state index is 13.4. The lowest BCUT2D eigenvalue weighted by molar-refractivity contribution is -0.129. The lowest BCUT2D eigenvalue weighted by Crippen LogP contribution is -2.33. The number of likely N-dealkylation sites (N-methyl/N-ethyl adjacent to an activating group) is 1. The van der Waals surface area contributed by atoms with Crippen molar-refractivity contribution in [3.63, 3.8) is 0 Å². The molecular formula is C25H29FN4O. The minimum absolute atomic E-state index is 0.120. The number of carbonyl (C=O) groups is 1. The highest BCUT2D eigenvalue weighted by molar-refractivity contribution is 5.78. The van der Waals surface area contributed by atoms with Crippen LogP contribution < -0.4 is 10.9 Å². The Morgan fingerprint density at radius 3 is 2.61 bits per heavy atom. The number of amides is 1. The molecule has 1 aliphatic rings. The lowest BCUT2D eigenvalue weighted by atomic mass is 9.99. The Morgan fingerprint density at radius 1 is 1.10 bits per heavy atom. The van der Waals surface area contributed by atoms with Gasteiger partial charge in [-0.05, 0) is 66.8 Å². The van der Waals surface area contributed by atoms with Crippen LogP contribution in [0.1, 0.15) is 36.4 Å². The standard InChI is InChI=1S/C25H29FN4O/c1-29(25(31)16-19-9-11-23(12-10-19)30-14-2-3-15-30)13-5-8-22-18-24(28-27-22)20-6-4-7-21(26)17-20/h2-4,6-7,9-12,14-15,17,22,24,27-28H,5,8,13,16,18H2,1H3. The molecule has 0 radical (unpaired) electrons. The number of rotatable bonds is 8. The van der Waals surface area contributed by atoms with Gasteiger partial charge in [-0.25, -0.2) is 4.39 Å². The molecule has 1 aromatic heterocycles. The first kappa shape index (κ1) is 21.3. The molecule has 2 heterocycles. The zero-order valence-electron chi connectivity index (χ0n) is 17.8. The number of halogens is 1. The van der Waals surface area contributed by atoms with Crippen molar-refractivity contribution in [3.05, 3.63) is 90.0 Å². The molecule has 4 rings (SSSR count). The summed E-state index contributed by atoms with van der Waals surface area (Å²) in [4.78, 5) is 14.4. The largest absolute Gasteiger partial charge is 0.345 e. The minimum Gasteiger partial charge on any atom is -0.345 e. The number of hydrogen-bond donors (Lipinski definition) is 2. The van der Waals surface area contributed by atoms with Gasteiger partial charge in [-0.1, -0.05) is 24.3 Å². The highest BCUT2D eigenvalue weighted by atomic mass is 19.1. The van der Waals surface area contributed by atoms with E-state index in [4.69, 9.17) is 0 Å². The van der Waals surface area contributed by atoms with Crippen LogP contribution in [0.5, 0.6) is 0 Å². The van der Waals surface area contributed by atoms with E-state index in [0.717, 1.165) is 42.6 Å². The van der Waals surface area contributed by atoms with Gasteiger partial charge in [0, 0.05) is 43.8 Å². The van der Waals surface area contributed by atoms with Gasteiger partial charge in [0.1, 0.15) is 5.82 Å². The molecule has 2 N–H and O–H groups in total. The van der Waals surface area contributed by atoms with Gasteiger partial charge in [-0.15, -0.1) is 0 Å². The van der Waals surface area contributed by atoms with Crippen LogP contribution in [0.4, 0.5) is 4.39 Å². The van der Waals surface area contributed by atoms with Crippen LogP contribution in [0.25, 0.3) is 5.69 Å². The van der Waals surface area contributed by atoms with Gasteiger partial charge >= 0.3 is 0 Å². The summed E-state index contributed by atoms with van der Waals surface area (Å²) < 4.78 is 15.5. The fraction of sp³-hybridized carbons (Fsp3) is 0.320. The van der Waals surface area contributed by atoms with E-state index in [1.165, 1.54) is 6.07 Å². The van der Waals surface area contributed by atoms with Gasteiger partial charge in [-0.3, -0.25) is 15.6 Å². The number of nitrogens with zero attached hydrogens (tertiary/aromatic N) is 2. The van der Waals surface area contributed by atoms with E-state index >= 15 is 0 Å².